The minimum Gasteiger partial charge on any atom is -0.374 e. The Morgan fingerprint density at radius 2 is 1.54 bits per heavy atom. The van der Waals surface area contributed by atoms with Crippen LogP contribution >= 0.6 is 0 Å². The van der Waals surface area contributed by atoms with E-state index < -0.39 is 5.60 Å². The van der Waals surface area contributed by atoms with Gasteiger partial charge in [-0.15, -0.1) is 0 Å². The van der Waals surface area contributed by atoms with Crippen LogP contribution in [0.1, 0.15) is 58.2 Å². The first kappa shape index (κ1) is 18.7. The molecule has 1 N–H and O–H groups in total. The zero-order valence-electron chi connectivity index (χ0n) is 16.6. The molecule has 0 spiro atoms. The maximum Gasteiger partial charge on any atom is 0.265 e. The Labute approximate surface area is 156 Å². The number of amides is 1. The van der Waals surface area contributed by atoms with Crippen LogP contribution in [0.25, 0.3) is 0 Å². The number of rotatable bonds is 2. The molecule has 3 nitrogen and oxygen atoms in total. The SMILES string of the molecule is CC(C)(C)c1ccc(C(C)(C)C)c(N2CC(O)(c3ccccc3)C2=O)c1. The van der Waals surface area contributed by atoms with Crippen LogP contribution in [-0.2, 0) is 21.2 Å². The Hall–Kier alpha value is -2.13. The first-order chi connectivity index (χ1) is 11.9. The summed E-state index contributed by atoms with van der Waals surface area (Å²) in [7, 11) is 0. The lowest BCUT2D eigenvalue weighted by Crippen LogP contribution is -2.65. The minimum atomic E-state index is -1.42. The molecule has 1 saturated heterocycles. The van der Waals surface area contributed by atoms with Crippen molar-refractivity contribution in [1.29, 1.82) is 0 Å². The zero-order valence-corrected chi connectivity index (χ0v) is 16.6. The van der Waals surface area contributed by atoms with E-state index in [2.05, 4.69) is 59.7 Å². The van der Waals surface area contributed by atoms with E-state index in [9.17, 15) is 9.90 Å². The van der Waals surface area contributed by atoms with Crippen LogP contribution < -0.4 is 4.90 Å². The highest BCUT2D eigenvalue weighted by Crippen LogP contribution is 2.42. The van der Waals surface area contributed by atoms with Crippen molar-refractivity contribution >= 4 is 11.6 Å². The minimum absolute atomic E-state index is 0.00515. The predicted octanol–water partition coefficient (Wildman–Crippen LogP) is 4.52. The maximum atomic E-state index is 13.0. The standard InChI is InChI=1S/C23H29NO2/c1-21(2,3)17-12-13-18(22(4,5)6)19(14-17)24-15-23(26,20(24)25)16-10-8-7-9-11-16/h7-14,26H,15H2,1-6H3. The van der Waals surface area contributed by atoms with Crippen molar-refractivity contribution in [2.75, 3.05) is 11.4 Å². The van der Waals surface area contributed by atoms with E-state index in [0.29, 0.717) is 5.56 Å². The molecule has 2 aromatic rings. The Kier molecular flexibility index (Phi) is 4.27. The third-order valence-electron chi connectivity index (χ3n) is 5.20. The maximum absolute atomic E-state index is 13.0. The van der Waals surface area contributed by atoms with Crippen LogP contribution in [-0.4, -0.2) is 17.6 Å². The lowest BCUT2D eigenvalue weighted by molar-refractivity contribution is -0.147. The van der Waals surface area contributed by atoms with Gasteiger partial charge in [0.05, 0.1) is 6.54 Å². The molecule has 1 heterocycles. The lowest BCUT2D eigenvalue weighted by Gasteiger charge is -2.47. The Morgan fingerprint density at radius 1 is 0.923 bits per heavy atom. The summed E-state index contributed by atoms with van der Waals surface area (Å²) in [6.45, 7) is 13.2. The van der Waals surface area contributed by atoms with E-state index in [1.165, 1.54) is 5.56 Å². The smallest absolute Gasteiger partial charge is 0.265 e. The summed E-state index contributed by atoms with van der Waals surface area (Å²) in [4.78, 5) is 14.7. The molecule has 0 aliphatic carbocycles. The van der Waals surface area contributed by atoms with Gasteiger partial charge in [-0.1, -0.05) is 84.0 Å². The molecule has 2 aromatic carbocycles. The van der Waals surface area contributed by atoms with Crippen molar-refractivity contribution in [3.05, 3.63) is 65.2 Å². The number of carbonyl (C=O) groups is 1. The van der Waals surface area contributed by atoms with Gasteiger partial charge in [0.25, 0.3) is 5.91 Å². The van der Waals surface area contributed by atoms with Gasteiger partial charge >= 0.3 is 0 Å². The molecule has 3 rings (SSSR count). The molecule has 0 bridgehead atoms. The molecular weight excluding hydrogens is 322 g/mol. The van der Waals surface area contributed by atoms with Crippen molar-refractivity contribution in [1.82, 2.24) is 0 Å². The summed E-state index contributed by atoms with van der Waals surface area (Å²) < 4.78 is 0. The first-order valence-corrected chi connectivity index (χ1v) is 9.19. The van der Waals surface area contributed by atoms with Gasteiger partial charge < -0.3 is 10.0 Å². The van der Waals surface area contributed by atoms with Crippen molar-refractivity contribution in [3.63, 3.8) is 0 Å². The molecule has 3 heteroatoms. The summed E-state index contributed by atoms with van der Waals surface area (Å²) in [6, 6.07) is 15.6. The van der Waals surface area contributed by atoms with Gasteiger partial charge in [0.15, 0.2) is 5.60 Å². The van der Waals surface area contributed by atoms with Gasteiger partial charge in [0.2, 0.25) is 0 Å². The topological polar surface area (TPSA) is 40.5 Å². The van der Waals surface area contributed by atoms with Gasteiger partial charge in [0, 0.05) is 5.69 Å². The number of benzene rings is 2. The van der Waals surface area contributed by atoms with Crippen molar-refractivity contribution < 1.29 is 9.90 Å². The van der Waals surface area contributed by atoms with E-state index in [0.717, 1.165) is 11.3 Å². The second-order valence-corrected chi connectivity index (χ2v) is 9.35. The molecule has 1 aliphatic rings. The number of β-lactam (4-membered cyclic amide) rings is 1. The van der Waals surface area contributed by atoms with Crippen LogP contribution in [0.2, 0.25) is 0 Å². The molecule has 0 radical (unpaired) electrons. The third kappa shape index (κ3) is 3.05. The second-order valence-electron chi connectivity index (χ2n) is 9.35. The highest BCUT2D eigenvalue weighted by molar-refractivity contribution is 6.07. The van der Waals surface area contributed by atoms with Crippen LogP contribution in [0, 0.1) is 0 Å². The molecule has 0 saturated carbocycles. The summed E-state index contributed by atoms with van der Waals surface area (Å²) in [5, 5.41) is 10.9. The molecule has 1 aliphatic heterocycles. The van der Waals surface area contributed by atoms with Crippen molar-refractivity contribution in [2.24, 2.45) is 0 Å². The molecule has 1 unspecified atom stereocenters. The van der Waals surface area contributed by atoms with Gasteiger partial charge in [0.1, 0.15) is 0 Å². The molecule has 26 heavy (non-hydrogen) atoms. The van der Waals surface area contributed by atoms with Gasteiger partial charge in [-0.2, -0.15) is 0 Å². The molecule has 1 atom stereocenters. The molecular formula is C23H29NO2. The van der Waals surface area contributed by atoms with Crippen LogP contribution in [0.5, 0.6) is 0 Å². The van der Waals surface area contributed by atoms with E-state index in [4.69, 9.17) is 0 Å². The quantitative estimate of drug-likeness (QED) is 0.809. The average Bonchev–Trinajstić information content (AvgIpc) is 2.57. The van der Waals surface area contributed by atoms with Crippen molar-refractivity contribution in [2.45, 2.75) is 58.0 Å². The fourth-order valence-electron chi connectivity index (χ4n) is 3.48. The molecule has 0 aromatic heterocycles. The highest BCUT2D eigenvalue weighted by Gasteiger charge is 2.53. The Bertz CT molecular complexity index is 828. The normalized spacial score (nSPS) is 20.9. The highest BCUT2D eigenvalue weighted by atomic mass is 16.3. The predicted molar refractivity (Wildman–Crippen MR) is 107 cm³/mol. The summed E-state index contributed by atoms with van der Waals surface area (Å²) in [5.74, 6) is -0.250. The molecule has 1 amide bonds. The Morgan fingerprint density at radius 3 is 2.04 bits per heavy atom. The number of aliphatic hydroxyl groups is 1. The van der Waals surface area contributed by atoms with Crippen LogP contribution in [0.4, 0.5) is 5.69 Å². The number of nitrogens with zero attached hydrogens (tertiary/aromatic N) is 1. The number of carbonyl (C=O) groups excluding carboxylic acids is 1. The van der Waals surface area contributed by atoms with E-state index in [1.807, 2.05) is 30.3 Å². The number of hydrogen-bond donors (Lipinski definition) is 1. The fraction of sp³-hybridized carbons (Fsp3) is 0.435. The van der Waals surface area contributed by atoms with Gasteiger partial charge in [-0.05, 0) is 33.6 Å². The zero-order chi connectivity index (χ0) is 19.3. The summed E-state index contributed by atoms with van der Waals surface area (Å²) >= 11 is 0. The van der Waals surface area contributed by atoms with E-state index in [-0.39, 0.29) is 23.3 Å². The van der Waals surface area contributed by atoms with Crippen molar-refractivity contribution in [3.8, 4) is 0 Å². The first-order valence-electron chi connectivity index (χ1n) is 9.19. The Balaban J connectivity index is 2.03. The monoisotopic (exact) mass is 351 g/mol. The van der Waals surface area contributed by atoms with Crippen LogP contribution in [0.15, 0.2) is 48.5 Å². The number of anilines is 1. The largest absolute Gasteiger partial charge is 0.374 e. The number of hydrogen-bond acceptors (Lipinski definition) is 2. The third-order valence-corrected chi connectivity index (χ3v) is 5.20. The van der Waals surface area contributed by atoms with E-state index in [1.54, 1.807) is 4.90 Å². The summed E-state index contributed by atoms with van der Waals surface area (Å²) in [6.07, 6.45) is 0. The summed E-state index contributed by atoms with van der Waals surface area (Å²) in [5.41, 5.74) is 2.36. The molecule has 1 fully saturated rings. The number of β-amino-alcohol motifs (C(OH)–C–C–N with tert-alkyl or cyclic N) is 1. The fourth-order valence-corrected chi connectivity index (χ4v) is 3.48. The van der Waals surface area contributed by atoms with E-state index >= 15 is 0 Å². The van der Waals surface area contributed by atoms with Gasteiger partial charge in [-0.25, -0.2) is 0 Å². The van der Waals surface area contributed by atoms with Gasteiger partial charge in [-0.3, -0.25) is 4.79 Å². The second kappa shape index (κ2) is 5.95. The molecule has 138 valence electrons. The average molecular weight is 351 g/mol. The van der Waals surface area contributed by atoms with Crippen LogP contribution in [0.3, 0.4) is 0 Å². The lowest BCUT2D eigenvalue weighted by atomic mass is 9.78.